The van der Waals surface area contributed by atoms with E-state index in [4.69, 9.17) is 11.0 Å². The fourth-order valence-corrected chi connectivity index (χ4v) is 3.06. The van der Waals surface area contributed by atoms with Crippen molar-refractivity contribution < 1.29 is 0 Å². The van der Waals surface area contributed by atoms with Crippen molar-refractivity contribution in [3.05, 3.63) is 71.2 Å². The number of benzene rings is 1. The van der Waals surface area contributed by atoms with E-state index in [0.29, 0.717) is 40.6 Å². The average molecular weight is 393 g/mol. The van der Waals surface area contributed by atoms with Crippen LogP contribution in [0.4, 0.5) is 5.95 Å². The zero-order valence-corrected chi connectivity index (χ0v) is 16.0. The monoisotopic (exact) mass is 393 g/mol. The molecule has 144 valence electrons. The molecule has 0 spiro atoms. The topological polar surface area (TPSA) is 143 Å². The van der Waals surface area contributed by atoms with E-state index < -0.39 is 0 Å². The first-order chi connectivity index (χ1) is 14.6. The zero-order chi connectivity index (χ0) is 21.1. The van der Waals surface area contributed by atoms with Gasteiger partial charge >= 0.3 is 0 Å². The van der Waals surface area contributed by atoms with Gasteiger partial charge in [0.05, 0.1) is 41.5 Å². The molecule has 3 aromatic heterocycles. The van der Waals surface area contributed by atoms with Gasteiger partial charge in [0.2, 0.25) is 5.95 Å². The molecule has 3 heterocycles. The highest BCUT2D eigenvalue weighted by molar-refractivity contribution is 5.71. The van der Waals surface area contributed by atoms with Gasteiger partial charge in [0, 0.05) is 5.56 Å². The Bertz CT molecular complexity index is 1330. The first-order valence-electron chi connectivity index (χ1n) is 8.98. The molecular formula is C21H15N9. The summed E-state index contributed by atoms with van der Waals surface area (Å²) in [6.45, 7) is 2.23. The molecule has 0 saturated heterocycles. The highest BCUT2D eigenvalue weighted by Crippen LogP contribution is 2.27. The van der Waals surface area contributed by atoms with Crippen LogP contribution in [-0.2, 0) is 6.54 Å². The third-order valence-corrected chi connectivity index (χ3v) is 4.52. The fraction of sp³-hybridized carbons (Fsp3) is 0.0952. The second kappa shape index (κ2) is 7.78. The lowest BCUT2D eigenvalue weighted by Gasteiger charge is -2.08. The van der Waals surface area contributed by atoms with Crippen LogP contribution >= 0.6 is 0 Å². The molecule has 1 aromatic carbocycles. The lowest BCUT2D eigenvalue weighted by atomic mass is 10.00. The van der Waals surface area contributed by atoms with E-state index in [-0.39, 0.29) is 5.95 Å². The predicted octanol–water partition coefficient (Wildman–Crippen LogP) is 2.48. The number of rotatable bonds is 4. The van der Waals surface area contributed by atoms with Gasteiger partial charge in [0.25, 0.3) is 0 Å². The highest BCUT2D eigenvalue weighted by Gasteiger charge is 2.13. The molecule has 0 aliphatic rings. The van der Waals surface area contributed by atoms with Gasteiger partial charge < -0.3 is 5.73 Å². The molecule has 0 unspecified atom stereocenters. The minimum absolute atomic E-state index is 0.0993. The van der Waals surface area contributed by atoms with Crippen molar-refractivity contribution in [1.82, 2.24) is 29.9 Å². The van der Waals surface area contributed by atoms with E-state index in [1.165, 1.54) is 0 Å². The number of nitrogens with two attached hydrogens (primary N) is 1. The molecule has 2 N–H and O–H groups in total. The van der Waals surface area contributed by atoms with Crippen molar-refractivity contribution in [2.75, 3.05) is 5.73 Å². The zero-order valence-electron chi connectivity index (χ0n) is 16.0. The molecule has 0 saturated carbocycles. The first kappa shape index (κ1) is 18.7. The summed E-state index contributed by atoms with van der Waals surface area (Å²) < 4.78 is 1.61. The van der Waals surface area contributed by atoms with Gasteiger partial charge in [-0.15, -0.1) is 5.10 Å². The van der Waals surface area contributed by atoms with E-state index in [1.54, 1.807) is 41.2 Å². The molecule has 0 radical (unpaired) electrons. The number of nitrogen functional groups attached to an aromatic ring is 1. The Labute approximate surface area is 172 Å². The Balaban J connectivity index is 1.68. The minimum Gasteiger partial charge on any atom is -0.368 e. The number of hydrogen-bond donors (Lipinski definition) is 1. The number of nitrogens with zero attached hydrogens (tertiary/aromatic N) is 8. The molecule has 9 heteroatoms. The maximum absolute atomic E-state index is 9.28. The van der Waals surface area contributed by atoms with Gasteiger partial charge in [-0.2, -0.15) is 10.5 Å². The lowest BCUT2D eigenvalue weighted by molar-refractivity contribution is 0.638. The van der Waals surface area contributed by atoms with Gasteiger partial charge in [0.15, 0.2) is 0 Å². The summed E-state index contributed by atoms with van der Waals surface area (Å²) in [6.07, 6.45) is 1.73. The molecule has 0 amide bonds. The van der Waals surface area contributed by atoms with Crippen molar-refractivity contribution >= 4 is 5.95 Å². The van der Waals surface area contributed by atoms with E-state index in [0.717, 1.165) is 11.1 Å². The molecule has 0 aliphatic carbocycles. The second-order valence-corrected chi connectivity index (χ2v) is 6.51. The summed E-state index contributed by atoms with van der Waals surface area (Å²) in [4.78, 5) is 12.8. The standard InChI is InChI=1S/C21H15N9/c1-13-14(9-22)4-2-7-17(13)18-8-19(27-21(24)26-18)20-12-30(29-28-20)11-16-6-3-5-15(10-23)25-16/h2-8,12H,11H2,1H3,(H2,24,26,27). The summed E-state index contributed by atoms with van der Waals surface area (Å²) in [5.41, 5.74) is 10.8. The number of anilines is 1. The van der Waals surface area contributed by atoms with Crippen molar-refractivity contribution in [3.8, 4) is 34.8 Å². The predicted molar refractivity (Wildman–Crippen MR) is 108 cm³/mol. The van der Waals surface area contributed by atoms with Crippen LogP contribution in [0.3, 0.4) is 0 Å². The van der Waals surface area contributed by atoms with Gasteiger partial charge in [-0.1, -0.05) is 23.4 Å². The summed E-state index contributed by atoms with van der Waals surface area (Å²) in [7, 11) is 0. The van der Waals surface area contributed by atoms with Crippen LogP contribution < -0.4 is 5.73 Å². The third-order valence-electron chi connectivity index (χ3n) is 4.52. The second-order valence-electron chi connectivity index (χ2n) is 6.51. The molecule has 4 aromatic rings. The lowest BCUT2D eigenvalue weighted by Crippen LogP contribution is -2.03. The Kier molecular flexibility index (Phi) is 4.85. The molecule has 9 nitrogen and oxygen atoms in total. The third kappa shape index (κ3) is 3.68. The van der Waals surface area contributed by atoms with Crippen molar-refractivity contribution in [3.63, 3.8) is 0 Å². The summed E-state index contributed by atoms with van der Waals surface area (Å²) in [5.74, 6) is 0.0993. The summed E-state index contributed by atoms with van der Waals surface area (Å²) in [5, 5.41) is 26.6. The average Bonchev–Trinajstić information content (AvgIpc) is 3.22. The number of hydrogen-bond acceptors (Lipinski definition) is 8. The molecule has 30 heavy (non-hydrogen) atoms. The summed E-state index contributed by atoms with van der Waals surface area (Å²) in [6, 6.07) is 16.6. The maximum Gasteiger partial charge on any atom is 0.221 e. The highest BCUT2D eigenvalue weighted by atomic mass is 15.4. The number of pyridine rings is 1. The van der Waals surface area contributed by atoms with Gasteiger partial charge in [-0.3, -0.25) is 0 Å². The Hall–Kier alpha value is -4.63. The van der Waals surface area contributed by atoms with Crippen molar-refractivity contribution in [2.45, 2.75) is 13.5 Å². The Morgan fingerprint density at radius 3 is 2.57 bits per heavy atom. The molecular weight excluding hydrogens is 378 g/mol. The van der Waals surface area contributed by atoms with E-state index >= 15 is 0 Å². The van der Waals surface area contributed by atoms with Crippen LogP contribution in [0.2, 0.25) is 0 Å². The van der Waals surface area contributed by atoms with E-state index in [1.807, 2.05) is 25.1 Å². The Morgan fingerprint density at radius 2 is 1.77 bits per heavy atom. The van der Waals surface area contributed by atoms with Crippen LogP contribution in [0, 0.1) is 29.6 Å². The normalized spacial score (nSPS) is 10.4. The van der Waals surface area contributed by atoms with Crippen LogP contribution in [0.15, 0.2) is 48.7 Å². The van der Waals surface area contributed by atoms with Crippen LogP contribution in [-0.4, -0.2) is 29.9 Å². The van der Waals surface area contributed by atoms with E-state index in [9.17, 15) is 5.26 Å². The Morgan fingerprint density at radius 1 is 0.967 bits per heavy atom. The van der Waals surface area contributed by atoms with Gasteiger partial charge in [-0.25, -0.2) is 19.6 Å². The smallest absolute Gasteiger partial charge is 0.221 e. The molecule has 0 atom stereocenters. The SMILES string of the molecule is Cc1c(C#N)cccc1-c1cc(-c2cn(Cc3cccc(C#N)n3)nn2)nc(N)n1. The molecule has 4 rings (SSSR count). The molecule has 0 bridgehead atoms. The van der Waals surface area contributed by atoms with E-state index in [2.05, 4.69) is 31.3 Å². The van der Waals surface area contributed by atoms with Crippen molar-refractivity contribution in [2.24, 2.45) is 0 Å². The quantitative estimate of drug-likeness (QED) is 0.557. The molecule has 0 fully saturated rings. The van der Waals surface area contributed by atoms with Gasteiger partial charge in [0.1, 0.15) is 17.5 Å². The number of nitriles is 2. The largest absolute Gasteiger partial charge is 0.368 e. The molecule has 0 aliphatic heterocycles. The van der Waals surface area contributed by atoms with Crippen LogP contribution in [0.5, 0.6) is 0 Å². The van der Waals surface area contributed by atoms with Crippen LogP contribution in [0.25, 0.3) is 22.6 Å². The summed E-state index contributed by atoms with van der Waals surface area (Å²) >= 11 is 0. The first-order valence-corrected chi connectivity index (χ1v) is 8.98. The maximum atomic E-state index is 9.28. The number of aromatic nitrogens is 6. The fourth-order valence-electron chi connectivity index (χ4n) is 3.06. The van der Waals surface area contributed by atoms with Crippen molar-refractivity contribution in [1.29, 1.82) is 10.5 Å². The van der Waals surface area contributed by atoms with Crippen LogP contribution in [0.1, 0.15) is 22.5 Å². The minimum atomic E-state index is 0.0993. The van der Waals surface area contributed by atoms with Gasteiger partial charge in [-0.05, 0) is 36.8 Å².